The predicted octanol–water partition coefficient (Wildman–Crippen LogP) is 4.53. The lowest BCUT2D eigenvalue weighted by atomic mass is 10.1. The lowest BCUT2D eigenvalue weighted by Crippen LogP contribution is -2.14. The van der Waals surface area contributed by atoms with E-state index >= 15 is 0 Å². The topological polar surface area (TPSA) is 75.6 Å². The van der Waals surface area contributed by atoms with Crippen molar-refractivity contribution in [3.8, 4) is 11.8 Å². The van der Waals surface area contributed by atoms with Gasteiger partial charge in [-0.3, -0.25) is 5.32 Å². The molecule has 0 aliphatic rings. The van der Waals surface area contributed by atoms with E-state index in [1.807, 2.05) is 36.4 Å². The number of para-hydroxylation sites is 1. The van der Waals surface area contributed by atoms with Crippen molar-refractivity contribution < 1.29 is 19.4 Å². The number of hydrogen-bond donors (Lipinski definition) is 2. The molecule has 3 aromatic rings. The monoisotopic (exact) mass is 371 g/mol. The van der Waals surface area contributed by atoms with Gasteiger partial charge in [0.25, 0.3) is 0 Å². The quantitative estimate of drug-likeness (QED) is 0.661. The Balaban J connectivity index is 1.68. The number of hydrogen-bond acceptors (Lipinski definition) is 3. The van der Waals surface area contributed by atoms with Crippen LogP contribution in [0.5, 0.6) is 0 Å². The first-order valence-electron chi connectivity index (χ1n) is 8.54. The molecule has 3 rings (SSSR count). The molecule has 3 aromatic carbocycles. The average molecular weight is 371 g/mol. The van der Waals surface area contributed by atoms with Crippen LogP contribution in [-0.4, -0.2) is 17.2 Å². The predicted molar refractivity (Wildman–Crippen MR) is 106 cm³/mol. The fraction of sp³-hybridized carbons (Fsp3) is 0.0435. The van der Waals surface area contributed by atoms with E-state index in [1.54, 1.807) is 30.3 Å². The number of ether oxygens (including phenoxy) is 1. The van der Waals surface area contributed by atoms with Crippen molar-refractivity contribution in [1.82, 2.24) is 0 Å². The number of rotatable bonds is 4. The van der Waals surface area contributed by atoms with Crippen molar-refractivity contribution in [2.45, 2.75) is 6.61 Å². The molecular weight excluding hydrogens is 354 g/mol. The summed E-state index contributed by atoms with van der Waals surface area (Å²) in [7, 11) is 0. The van der Waals surface area contributed by atoms with Crippen LogP contribution in [0.4, 0.5) is 10.5 Å². The maximum Gasteiger partial charge on any atom is 0.411 e. The second-order valence-corrected chi connectivity index (χ2v) is 5.86. The molecule has 5 heteroatoms. The van der Waals surface area contributed by atoms with Gasteiger partial charge in [0.05, 0.1) is 11.3 Å². The molecule has 1 amide bonds. The van der Waals surface area contributed by atoms with E-state index in [-0.39, 0.29) is 12.2 Å². The van der Waals surface area contributed by atoms with Gasteiger partial charge in [0.15, 0.2) is 0 Å². The van der Waals surface area contributed by atoms with Gasteiger partial charge in [0.2, 0.25) is 0 Å². The molecule has 28 heavy (non-hydrogen) atoms. The fourth-order valence-corrected chi connectivity index (χ4v) is 2.41. The zero-order chi connectivity index (χ0) is 19.8. The van der Waals surface area contributed by atoms with Crippen LogP contribution in [0.1, 0.15) is 27.0 Å². The molecule has 0 heterocycles. The summed E-state index contributed by atoms with van der Waals surface area (Å²) in [4.78, 5) is 23.0. The number of benzene rings is 3. The lowest BCUT2D eigenvalue weighted by molar-refractivity contribution is 0.0697. The first-order valence-corrected chi connectivity index (χ1v) is 8.54. The van der Waals surface area contributed by atoms with Crippen LogP contribution < -0.4 is 5.32 Å². The third-order valence-corrected chi connectivity index (χ3v) is 3.85. The smallest absolute Gasteiger partial charge is 0.411 e. The van der Waals surface area contributed by atoms with E-state index in [0.29, 0.717) is 16.8 Å². The summed E-state index contributed by atoms with van der Waals surface area (Å²) >= 11 is 0. The van der Waals surface area contributed by atoms with Crippen molar-refractivity contribution in [2.24, 2.45) is 0 Å². The van der Waals surface area contributed by atoms with Gasteiger partial charge in [0.1, 0.15) is 6.61 Å². The van der Waals surface area contributed by atoms with E-state index in [4.69, 9.17) is 9.84 Å². The SMILES string of the molecule is O=C(Nc1ccccc1C#Cc1ccc(C(=O)O)cc1)OCc1ccccc1. The van der Waals surface area contributed by atoms with Crippen molar-refractivity contribution in [3.63, 3.8) is 0 Å². The van der Waals surface area contributed by atoms with Crippen LogP contribution in [0.3, 0.4) is 0 Å². The Morgan fingerprint density at radius 1 is 0.857 bits per heavy atom. The molecule has 0 aliphatic carbocycles. The first kappa shape index (κ1) is 18.7. The van der Waals surface area contributed by atoms with Gasteiger partial charge in [0, 0.05) is 11.1 Å². The van der Waals surface area contributed by atoms with Crippen molar-refractivity contribution in [1.29, 1.82) is 0 Å². The Labute approximate surface area is 162 Å². The summed E-state index contributed by atoms with van der Waals surface area (Å²) in [6.45, 7) is 0.177. The van der Waals surface area contributed by atoms with E-state index in [0.717, 1.165) is 5.56 Å². The largest absolute Gasteiger partial charge is 0.478 e. The van der Waals surface area contributed by atoms with Gasteiger partial charge in [-0.1, -0.05) is 54.3 Å². The minimum atomic E-state index is -0.983. The Morgan fingerprint density at radius 3 is 2.25 bits per heavy atom. The van der Waals surface area contributed by atoms with E-state index in [1.165, 1.54) is 12.1 Å². The number of carboxylic acid groups (broad SMARTS) is 1. The third-order valence-electron chi connectivity index (χ3n) is 3.85. The summed E-state index contributed by atoms with van der Waals surface area (Å²) < 4.78 is 5.23. The van der Waals surface area contributed by atoms with Crippen LogP contribution >= 0.6 is 0 Å². The number of amides is 1. The van der Waals surface area contributed by atoms with Crippen LogP contribution in [0.25, 0.3) is 0 Å². The van der Waals surface area contributed by atoms with Crippen molar-refractivity contribution in [2.75, 3.05) is 5.32 Å². The summed E-state index contributed by atoms with van der Waals surface area (Å²) in [6, 6.07) is 22.8. The molecule has 0 aromatic heterocycles. The minimum Gasteiger partial charge on any atom is -0.478 e. The summed E-state index contributed by atoms with van der Waals surface area (Å²) in [5.74, 6) is 4.97. The van der Waals surface area contributed by atoms with Gasteiger partial charge in [-0.2, -0.15) is 0 Å². The van der Waals surface area contributed by atoms with Crippen LogP contribution in [-0.2, 0) is 11.3 Å². The summed E-state index contributed by atoms with van der Waals surface area (Å²) in [5.41, 5.74) is 2.94. The highest BCUT2D eigenvalue weighted by atomic mass is 16.5. The summed E-state index contributed by atoms with van der Waals surface area (Å²) in [5, 5.41) is 11.6. The average Bonchev–Trinajstić information content (AvgIpc) is 2.73. The molecule has 0 spiro atoms. The molecule has 0 saturated carbocycles. The van der Waals surface area contributed by atoms with E-state index in [9.17, 15) is 9.59 Å². The number of aromatic carboxylic acids is 1. The molecule has 138 valence electrons. The molecule has 0 atom stereocenters. The summed E-state index contributed by atoms with van der Waals surface area (Å²) in [6.07, 6.45) is -0.566. The molecular formula is C23H17NO4. The highest BCUT2D eigenvalue weighted by Gasteiger charge is 2.06. The van der Waals surface area contributed by atoms with Crippen LogP contribution in [0.2, 0.25) is 0 Å². The fourth-order valence-electron chi connectivity index (χ4n) is 2.41. The van der Waals surface area contributed by atoms with Gasteiger partial charge >= 0.3 is 12.1 Å². The molecule has 2 N–H and O–H groups in total. The van der Waals surface area contributed by atoms with Crippen molar-refractivity contribution >= 4 is 17.7 Å². The Morgan fingerprint density at radius 2 is 1.54 bits per heavy atom. The number of anilines is 1. The molecule has 0 radical (unpaired) electrons. The second kappa shape index (κ2) is 9.06. The Hall–Kier alpha value is -4.04. The standard InChI is InChI=1S/C23H17NO4/c25-22(26)20-14-11-17(12-15-20)10-13-19-8-4-5-9-21(19)24-23(27)28-16-18-6-2-1-3-7-18/h1-9,11-12,14-15H,16H2,(H,24,27)(H,25,26). The number of carbonyl (C=O) groups excluding carboxylic acids is 1. The van der Waals surface area contributed by atoms with Crippen LogP contribution in [0, 0.1) is 11.8 Å². The maximum atomic E-state index is 12.1. The molecule has 0 bridgehead atoms. The van der Waals surface area contributed by atoms with E-state index in [2.05, 4.69) is 17.2 Å². The van der Waals surface area contributed by atoms with Crippen molar-refractivity contribution in [3.05, 3.63) is 101 Å². The van der Waals surface area contributed by atoms with Gasteiger partial charge in [-0.15, -0.1) is 0 Å². The Kier molecular flexibility index (Phi) is 6.06. The number of carboxylic acids is 1. The lowest BCUT2D eigenvalue weighted by Gasteiger charge is -2.08. The van der Waals surface area contributed by atoms with Crippen LogP contribution in [0.15, 0.2) is 78.9 Å². The zero-order valence-electron chi connectivity index (χ0n) is 14.9. The highest BCUT2D eigenvalue weighted by Crippen LogP contribution is 2.15. The van der Waals surface area contributed by atoms with Gasteiger partial charge < -0.3 is 9.84 Å². The molecule has 0 aliphatic heterocycles. The van der Waals surface area contributed by atoms with Gasteiger partial charge in [-0.25, -0.2) is 9.59 Å². The molecule has 5 nitrogen and oxygen atoms in total. The third kappa shape index (κ3) is 5.23. The Bertz CT molecular complexity index is 1030. The first-order chi connectivity index (χ1) is 13.6. The number of nitrogens with one attached hydrogen (secondary N) is 1. The second-order valence-electron chi connectivity index (χ2n) is 5.86. The zero-order valence-corrected chi connectivity index (χ0v) is 14.9. The molecule has 0 fully saturated rings. The molecule has 0 unspecified atom stereocenters. The normalized spacial score (nSPS) is 9.71. The molecule has 0 saturated heterocycles. The highest BCUT2D eigenvalue weighted by molar-refractivity contribution is 5.88. The number of carbonyl (C=O) groups is 2. The van der Waals surface area contributed by atoms with Gasteiger partial charge in [-0.05, 0) is 42.0 Å². The van der Waals surface area contributed by atoms with E-state index < -0.39 is 12.1 Å². The maximum absolute atomic E-state index is 12.1. The minimum absolute atomic E-state index is 0.177.